The summed E-state index contributed by atoms with van der Waals surface area (Å²) in [6, 6.07) is 17.3. The van der Waals surface area contributed by atoms with Crippen LogP contribution in [-0.2, 0) is 10.0 Å². The summed E-state index contributed by atoms with van der Waals surface area (Å²) in [5.74, 6) is 0.829. The molecule has 0 aliphatic heterocycles. The lowest BCUT2D eigenvalue weighted by Crippen LogP contribution is -2.14. The fraction of sp³-hybridized carbons (Fsp3) is 0.0556. The Morgan fingerprint density at radius 1 is 0.958 bits per heavy atom. The average molecular weight is 340 g/mol. The number of para-hydroxylation sites is 2. The van der Waals surface area contributed by atoms with Gasteiger partial charge in [0, 0.05) is 6.20 Å². The van der Waals surface area contributed by atoms with Gasteiger partial charge in [-0.25, -0.2) is 8.42 Å². The molecule has 1 N–H and O–H groups in total. The van der Waals surface area contributed by atoms with Gasteiger partial charge >= 0.3 is 0 Å². The number of nitrogens with one attached hydrogen (secondary N) is 1. The molecule has 1 aromatic heterocycles. The van der Waals surface area contributed by atoms with Crippen molar-refractivity contribution in [3.05, 3.63) is 78.6 Å². The molecule has 0 atom stereocenters. The second-order valence-electron chi connectivity index (χ2n) is 5.16. The Bertz CT molecular complexity index is 941. The summed E-state index contributed by atoms with van der Waals surface area (Å²) in [5.41, 5.74) is 1.22. The monoisotopic (exact) mass is 340 g/mol. The van der Waals surface area contributed by atoms with E-state index in [1.54, 1.807) is 42.6 Å². The van der Waals surface area contributed by atoms with Crippen LogP contribution in [0, 0.1) is 6.92 Å². The second kappa shape index (κ2) is 6.72. The van der Waals surface area contributed by atoms with Crippen LogP contribution in [0.25, 0.3) is 0 Å². The molecule has 122 valence electrons. The summed E-state index contributed by atoms with van der Waals surface area (Å²) in [6.45, 7) is 1.81. The molecule has 0 aliphatic carbocycles. The zero-order valence-electron chi connectivity index (χ0n) is 13.0. The van der Waals surface area contributed by atoms with Crippen molar-refractivity contribution in [2.75, 3.05) is 4.72 Å². The Kier molecular flexibility index (Phi) is 4.48. The van der Waals surface area contributed by atoms with Crippen LogP contribution >= 0.6 is 0 Å². The van der Waals surface area contributed by atoms with E-state index in [9.17, 15) is 8.42 Å². The fourth-order valence-corrected chi connectivity index (χ4v) is 3.39. The maximum absolute atomic E-state index is 12.7. The molecule has 24 heavy (non-hydrogen) atoms. The van der Waals surface area contributed by atoms with Crippen LogP contribution in [-0.4, -0.2) is 13.4 Å². The largest absolute Gasteiger partial charge is 0.456 e. The molecule has 0 saturated carbocycles. The third kappa shape index (κ3) is 3.55. The molecule has 0 radical (unpaired) electrons. The number of hydrogen-bond donors (Lipinski definition) is 1. The van der Waals surface area contributed by atoms with Crippen LogP contribution in [0.2, 0.25) is 0 Å². The lowest BCUT2D eigenvalue weighted by Gasteiger charge is -2.14. The first-order valence-corrected chi connectivity index (χ1v) is 8.80. The summed E-state index contributed by atoms with van der Waals surface area (Å²) in [7, 11) is -3.80. The predicted octanol–water partition coefficient (Wildman–Crippen LogP) is 3.98. The Hall–Kier alpha value is -2.86. The van der Waals surface area contributed by atoms with Crippen molar-refractivity contribution < 1.29 is 13.2 Å². The van der Waals surface area contributed by atoms with Crippen molar-refractivity contribution >= 4 is 15.7 Å². The maximum Gasteiger partial charge on any atom is 0.265 e. The van der Waals surface area contributed by atoms with Gasteiger partial charge in [0.2, 0.25) is 0 Å². The van der Waals surface area contributed by atoms with Crippen molar-refractivity contribution in [3.8, 4) is 11.5 Å². The highest BCUT2D eigenvalue weighted by molar-refractivity contribution is 7.92. The van der Waals surface area contributed by atoms with E-state index >= 15 is 0 Å². The number of aryl methyl sites for hydroxylation is 1. The molecule has 0 saturated heterocycles. The van der Waals surface area contributed by atoms with Gasteiger partial charge in [-0.05, 0) is 42.8 Å². The van der Waals surface area contributed by atoms with Gasteiger partial charge in [-0.15, -0.1) is 0 Å². The van der Waals surface area contributed by atoms with Crippen molar-refractivity contribution in [2.24, 2.45) is 0 Å². The fourth-order valence-electron chi connectivity index (χ4n) is 2.14. The quantitative estimate of drug-likeness (QED) is 0.763. The molecule has 6 heteroatoms. The summed E-state index contributed by atoms with van der Waals surface area (Å²) >= 11 is 0. The smallest absolute Gasteiger partial charge is 0.265 e. The minimum absolute atomic E-state index is 0.0668. The Morgan fingerprint density at radius 2 is 1.67 bits per heavy atom. The Balaban J connectivity index is 1.95. The number of ether oxygens (including phenoxy) is 1. The van der Waals surface area contributed by atoms with E-state index in [2.05, 4.69) is 9.71 Å². The number of benzene rings is 2. The van der Waals surface area contributed by atoms with E-state index in [0.717, 1.165) is 5.56 Å². The highest BCUT2D eigenvalue weighted by Crippen LogP contribution is 2.30. The standard InChI is InChI=1S/C18H16N2O3S/c1-14-11-12-19-13-16(14)20-24(21,22)18-10-6-5-9-17(18)23-15-7-3-2-4-8-15/h2-13,20H,1H3. The highest BCUT2D eigenvalue weighted by Gasteiger charge is 2.20. The van der Waals surface area contributed by atoms with E-state index in [1.807, 2.05) is 25.1 Å². The average Bonchev–Trinajstić information content (AvgIpc) is 2.58. The summed E-state index contributed by atoms with van der Waals surface area (Å²) < 4.78 is 33.8. The van der Waals surface area contributed by atoms with Gasteiger partial charge in [0.15, 0.2) is 0 Å². The summed E-state index contributed by atoms with van der Waals surface area (Å²) in [4.78, 5) is 4.02. The van der Waals surface area contributed by atoms with Crippen LogP contribution in [0.1, 0.15) is 5.56 Å². The van der Waals surface area contributed by atoms with Gasteiger partial charge < -0.3 is 4.74 Å². The number of hydrogen-bond acceptors (Lipinski definition) is 4. The zero-order chi connectivity index (χ0) is 17.0. The molecule has 0 unspecified atom stereocenters. The molecule has 3 aromatic rings. The number of anilines is 1. The van der Waals surface area contributed by atoms with Crippen molar-refractivity contribution in [2.45, 2.75) is 11.8 Å². The lowest BCUT2D eigenvalue weighted by atomic mass is 10.3. The van der Waals surface area contributed by atoms with Gasteiger partial charge in [-0.1, -0.05) is 30.3 Å². The summed E-state index contributed by atoms with van der Waals surface area (Å²) in [6.07, 6.45) is 3.09. The molecule has 0 aliphatic rings. The SMILES string of the molecule is Cc1ccncc1NS(=O)(=O)c1ccccc1Oc1ccccc1. The van der Waals surface area contributed by atoms with E-state index in [4.69, 9.17) is 4.74 Å². The third-order valence-corrected chi connectivity index (χ3v) is 4.80. The normalized spacial score (nSPS) is 11.0. The topological polar surface area (TPSA) is 68.3 Å². The molecule has 0 amide bonds. The number of nitrogens with zero attached hydrogens (tertiary/aromatic N) is 1. The van der Waals surface area contributed by atoms with E-state index in [0.29, 0.717) is 11.4 Å². The van der Waals surface area contributed by atoms with E-state index in [1.165, 1.54) is 12.3 Å². The lowest BCUT2D eigenvalue weighted by molar-refractivity contribution is 0.468. The molecule has 1 heterocycles. The molecule has 5 nitrogen and oxygen atoms in total. The molecule has 0 spiro atoms. The van der Waals surface area contributed by atoms with Crippen LogP contribution in [0.4, 0.5) is 5.69 Å². The van der Waals surface area contributed by atoms with Crippen molar-refractivity contribution in [3.63, 3.8) is 0 Å². The molecule has 0 fully saturated rings. The van der Waals surface area contributed by atoms with Gasteiger partial charge in [0.05, 0.1) is 11.9 Å². The van der Waals surface area contributed by atoms with Crippen LogP contribution in [0.3, 0.4) is 0 Å². The predicted molar refractivity (Wildman–Crippen MR) is 92.7 cm³/mol. The number of rotatable bonds is 5. The number of pyridine rings is 1. The first kappa shape index (κ1) is 16.0. The highest BCUT2D eigenvalue weighted by atomic mass is 32.2. The first-order valence-electron chi connectivity index (χ1n) is 7.31. The third-order valence-electron chi connectivity index (χ3n) is 3.39. The van der Waals surface area contributed by atoms with Gasteiger partial charge in [0.25, 0.3) is 10.0 Å². The zero-order valence-corrected chi connectivity index (χ0v) is 13.8. The van der Waals surface area contributed by atoms with Crippen molar-refractivity contribution in [1.29, 1.82) is 0 Å². The van der Waals surface area contributed by atoms with Crippen LogP contribution in [0.5, 0.6) is 11.5 Å². The maximum atomic E-state index is 12.7. The first-order chi connectivity index (χ1) is 11.6. The number of aromatic nitrogens is 1. The molecular formula is C18H16N2O3S. The van der Waals surface area contributed by atoms with Crippen molar-refractivity contribution in [1.82, 2.24) is 4.98 Å². The van der Waals surface area contributed by atoms with Gasteiger partial charge in [-0.2, -0.15) is 0 Å². The summed E-state index contributed by atoms with van der Waals surface area (Å²) in [5, 5.41) is 0. The van der Waals surface area contributed by atoms with Crippen LogP contribution in [0.15, 0.2) is 78.0 Å². The molecule has 3 rings (SSSR count). The van der Waals surface area contributed by atoms with Gasteiger partial charge in [0.1, 0.15) is 16.4 Å². The van der Waals surface area contributed by atoms with E-state index in [-0.39, 0.29) is 10.6 Å². The van der Waals surface area contributed by atoms with E-state index < -0.39 is 10.0 Å². The Labute approximate surface area is 141 Å². The van der Waals surface area contributed by atoms with Gasteiger partial charge in [-0.3, -0.25) is 9.71 Å². The van der Waals surface area contributed by atoms with Crippen LogP contribution < -0.4 is 9.46 Å². The molecular weight excluding hydrogens is 324 g/mol. The minimum Gasteiger partial charge on any atom is -0.456 e. The second-order valence-corrected chi connectivity index (χ2v) is 6.81. The molecule has 0 bridgehead atoms. The number of sulfonamides is 1. The Morgan fingerprint density at radius 3 is 2.42 bits per heavy atom. The minimum atomic E-state index is -3.80. The molecule has 2 aromatic carbocycles.